The van der Waals surface area contributed by atoms with Gasteiger partial charge in [0.05, 0.1) is 9.83 Å². The van der Waals surface area contributed by atoms with E-state index < -0.39 is 11.7 Å². The largest absolute Gasteiger partial charge is 0.444 e. The third-order valence-electron chi connectivity index (χ3n) is 2.04. The molecule has 0 saturated heterocycles. The van der Waals surface area contributed by atoms with Gasteiger partial charge in [0, 0.05) is 11.4 Å². The van der Waals surface area contributed by atoms with E-state index in [0.29, 0.717) is 6.54 Å². The first-order valence-electron chi connectivity index (χ1n) is 5.71. The zero-order chi connectivity index (χ0) is 13.8. The number of carbonyl (C=O) groups is 1. The van der Waals surface area contributed by atoms with E-state index in [1.807, 2.05) is 40.0 Å². The fraction of sp³-hybridized carbons (Fsp3) is 0.583. The lowest BCUT2D eigenvalue weighted by Gasteiger charge is -2.23. The predicted octanol–water partition coefficient (Wildman–Crippen LogP) is 3.30. The first-order chi connectivity index (χ1) is 8.31. The standard InChI is InChI=1S/C12H19BrN2O2S/c1-12(2,3)17-11(16)15-8(7-14-4)9-5-6-10(13)18-9/h5-6,8,14H,7H2,1-4H3,(H,15,16). The van der Waals surface area contributed by atoms with E-state index in [0.717, 1.165) is 8.66 Å². The van der Waals surface area contributed by atoms with Gasteiger partial charge in [-0.2, -0.15) is 0 Å². The summed E-state index contributed by atoms with van der Waals surface area (Å²) in [5.74, 6) is 0. The van der Waals surface area contributed by atoms with Gasteiger partial charge in [-0.05, 0) is 55.9 Å². The van der Waals surface area contributed by atoms with Gasteiger partial charge in [-0.3, -0.25) is 0 Å². The lowest BCUT2D eigenvalue weighted by molar-refractivity contribution is 0.0504. The van der Waals surface area contributed by atoms with Crippen molar-refractivity contribution < 1.29 is 9.53 Å². The van der Waals surface area contributed by atoms with Crippen LogP contribution in [0.3, 0.4) is 0 Å². The molecule has 0 spiro atoms. The highest BCUT2D eigenvalue weighted by Crippen LogP contribution is 2.27. The van der Waals surface area contributed by atoms with Gasteiger partial charge in [0.25, 0.3) is 0 Å². The van der Waals surface area contributed by atoms with Crippen molar-refractivity contribution in [2.75, 3.05) is 13.6 Å². The number of hydrogen-bond acceptors (Lipinski definition) is 4. The molecule has 0 aromatic carbocycles. The monoisotopic (exact) mass is 334 g/mol. The molecule has 102 valence electrons. The van der Waals surface area contributed by atoms with Crippen molar-refractivity contribution in [3.8, 4) is 0 Å². The van der Waals surface area contributed by atoms with Crippen LogP contribution in [0.4, 0.5) is 4.79 Å². The van der Waals surface area contributed by atoms with Gasteiger partial charge < -0.3 is 15.4 Å². The molecule has 6 heteroatoms. The lowest BCUT2D eigenvalue weighted by atomic mass is 10.2. The maximum Gasteiger partial charge on any atom is 0.408 e. The topological polar surface area (TPSA) is 50.4 Å². The van der Waals surface area contributed by atoms with Gasteiger partial charge in [-0.15, -0.1) is 11.3 Å². The van der Waals surface area contributed by atoms with Crippen molar-refractivity contribution in [2.24, 2.45) is 0 Å². The van der Waals surface area contributed by atoms with Crippen molar-refractivity contribution >= 4 is 33.4 Å². The maximum atomic E-state index is 11.8. The second-order valence-corrected chi connectivity index (χ2v) is 7.39. The van der Waals surface area contributed by atoms with Crippen LogP contribution in [0.15, 0.2) is 15.9 Å². The normalized spacial score (nSPS) is 13.2. The summed E-state index contributed by atoms with van der Waals surface area (Å²) in [7, 11) is 1.85. The van der Waals surface area contributed by atoms with Crippen LogP contribution < -0.4 is 10.6 Å². The maximum absolute atomic E-state index is 11.8. The molecule has 18 heavy (non-hydrogen) atoms. The van der Waals surface area contributed by atoms with Crippen LogP contribution >= 0.6 is 27.3 Å². The molecule has 1 rings (SSSR count). The number of rotatable bonds is 4. The van der Waals surface area contributed by atoms with Gasteiger partial charge >= 0.3 is 6.09 Å². The summed E-state index contributed by atoms with van der Waals surface area (Å²) >= 11 is 5.02. The van der Waals surface area contributed by atoms with Crippen molar-refractivity contribution in [1.29, 1.82) is 0 Å². The zero-order valence-electron chi connectivity index (χ0n) is 11.0. The van der Waals surface area contributed by atoms with E-state index >= 15 is 0 Å². The van der Waals surface area contributed by atoms with Crippen molar-refractivity contribution in [3.05, 3.63) is 20.8 Å². The van der Waals surface area contributed by atoms with Crippen molar-refractivity contribution in [1.82, 2.24) is 10.6 Å². The van der Waals surface area contributed by atoms with Gasteiger partial charge in [0.1, 0.15) is 5.60 Å². The molecule has 1 heterocycles. The number of carbonyl (C=O) groups excluding carboxylic acids is 1. The summed E-state index contributed by atoms with van der Waals surface area (Å²) in [6.45, 7) is 6.20. The van der Waals surface area contributed by atoms with Crippen LogP contribution in [-0.2, 0) is 4.74 Å². The Morgan fingerprint density at radius 2 is 2.17 bits per heavy atom. The molecular formula is C12H19BrN2O2S. The van der Waals surface area contributed by atoms with Crippen LogP contribution in [0, 0.1) is 0 Å². The molecule has 1 aromatic rings. The van der Waals surface area contributed by atoms with Gasteiger partial charge in [-0.25, -0.2) is 4.79 Å². The Hall–Kier alpha value is -0.590. The van der Waals surface area contributed by atoms with Crippen LogP contribution in [0.5, 0.6) is 0 Å². The molecule has 1 amide bonds. The molecule has 4 nitrogen and oxygen atoms in total. The third kappa shape index (κ3) is 5.37. The number of likely N-dealkylation sites (N-methyl/N-ethyl adjacent to an activating group) is 1. The molecule has 1 unspecified atom stereocenters. The van der Waals surface area contributed by atoms with E-state index in [-0.39, 0.29) is 6.04 Å². The first-order valence-corrected chi connectivity index (χ1v) is 7.32. The Morgan fingerprint density at radius 1 is 1.50 bits per heavy atom. The van der Waals surface area contributed by atoms with E-state index in [9.17, 15) is 4.79 Å². The Kier molecular flexibility index (Phi) is 5.62. The highest BCUT2D eigenvalue weighted by molar-refractivity contribution is 9.11. The van der Waals surface area contributed by atoms with Crippen LogP contribution in [0.25, 0.3) is 0 Å². The molecule has 0 fully saturated rings. The summed E-state index contributed by atoms with van der Waals surface area (Å²) in [6, 6.07) is 3.88. The predicted molar refractivity (Wildman–Crippen MR) is 78.1 cm³/mol. The SMILES string of the molecule is CNCC(NC(=O)OC(C)(C)C)c1ccc(Br)s1. The van der Waals surface area contributed by atoms with E-state index in [4.69, 9.17) is 4.74 Å². The summed E-state index contributed by atoms with van der Waals surface area (Å²) in [5.41, 5.74) is -0.482. The third-order valence-corrected chi connectivity index (χ3v) is 3.77. The van der Waals surface area contributed by atoms with E-state index in [1.54, 1.807) is 11.3 Å². The van der Waals surface area contributed by atoms with Crippen molar-refractivity contribution in [2.45, 2.75) is 32.4 Å². The molecule has 0 bridgehead atoms. The molecule has 0 saturated carbocycles. The van der Waals surface area contributed by atoms with Crippen molar-refractivity contribution in [3.63, 3.8) is 0 Å². The second-order valence-electron chi connectivity index (χ2n) is 4.90. The summed E-state index contributed by atoms with van der Waals surface area (Å²) in [5, 5.41) is 5.93. The zero-order valence-corrected chi connectivity index (χ0v) is 13.4. The summed E-state index contributed by atoms with van der Waals surface area (Å²) in [6.07, 6.45) is -0.396. The lowest BCUT2D eigenvalue weighted by Crippen LogP contribution is -2.38. The number of halogens is 1. The summed E-state index contributed by atoms with van der Waals surface area (Å²) < 4.78 is 6.30. The molecule has 1 aromatic heterocycles. The first kappa shape index (κ1) is 15.5. The number of alkyl carbamates (subject to hydrolysis) is 1. The Bertz CT molecular complexity index is 401. The molecule has 0 aliphatic carbocycles. The van der Waals surface area contributed by atoms with Crippen LogP contribution in [0.1, 0.15) is 31.7 Å². The number of ether oxygens (including phenoxy) is 1. The molecule has 0 radical (unpaired) electrons. The number of thiophene rings is 1. The van der Waals surface area contributed by atoms with E-state index in [1.165, 1.54) is 0 Å². The van der Waals surface area contributed by atoms with E-state index in [2.05, 4.69) is 26.6 Å². The smallest absolute Gasteiger partial charge is 0.408 e. The Morgan fingerprint density at radius 3 is 2.61 bits per heavy atom. The number of amides is 1. The highest BCUT2D eigenvalue weighted by Gasteiger charge is 2.21. The fourth-order valence-electron chi connectivity index (χ4n) is 1.39. The minimum atomic E-state index is -0.482. The average molecular weight is 335 g/mol. The molecule has 2 N–H and O–H groups in total. The quantitative estimate of drug-likeness (QED) is 0.888. The minimum absolute atomic E-state index is 0.0823. The fourth-order valence-corrected chi connectivity index (χ4v) is 2.87. The van der Waals surface area contributed by atoms with Gasteiger partial charge in [0.15, 0.2) is 0 Å². The van der Waals surface area contributed by atoms with Crippen LogP contribution in [0.2, 0.25) is 0 Å². The molecule has 0 aliphatic rings. The average Bonchev–Trinajstić information content (AvgIpc) is 2.61. The van der Waals surface area contributed by atoms with Gasteiger partial charge in [-0.1, -0.05) is 0 Å². The number of hydrogen-bond donors (Lipinski definition) is 2. The minimum Gasteiger partial charge on any atom is -0.444 e. The Labute approximate surface area is 120 Å². The molecule has 1 atom stereocenters. The summed E-state index contributed by atoms with van der Waals surface area (Å²) in [4.78, 5) is 12.8. The molecule has 0 aliphatic heterocycles. The van der Waals surface area contributed by atoms with Crippen LogP contribution in [-0.4, -0.2) is 25.3 Å². The highest BCUT2D eigenvalue weighted by atomic mass is 79.9. The van der Waals surface area contributed by atoms with Gasteiger partial charge in [0.2, 0.25) is 0 Å². The Balaban J connectivity index is 2.66. The second kappa shape index (κ2) is 6.54. The molecular weight excluding hydrogens is 316 g/mol. The number of nitrogens with one attached hydrogen (secondary N) is 2.